The third kappa shape index (κ3) is 4.56. The fraction of sp³-hybridized carbons (Fsp3) is 0.714. The lowest BCUT2D eigenvalue weighted by Crippen LogP contribution is -2.38. The molecule has 2 N–H and O–H groups in total. The Bertz CT molecular complexity index is 570. The van der Waals surface area contributed by atoms with Crippen LogP contribution in [0.4, 0.5) is 11.6 Å². The van der Waals surface area contributed by atoms with Crippen LogP contribution in [-0.2, 0) is 16.3 Å². The molecule has 1 rings (SSSR count). The van der Waals surface area contributed by atoms with Gasteiger partial charge in [-0.25, -0.2) is 18.4 Å². The van der Waals surface area contributed by atoms with Crippen molar-refractivity contribution in [3.05, 3.63) is 11.9 Å². The molecule has 0 saturated carbocycles. The van der Waals surface area contributed by atoms with Crippen LogP contribution in [0.2, 0.25) is 0 Å². The molecule has 0 aliphatic carbocycles. The quantitative estimate of drug-likeness (QED) is 0.764. The van der Waals surface area contributed by atoms with Crippen LogP contribution >= 0.6 is 0 Å². The Labute approximate surface area is 127 Å². The highest BCUT2D eigenvalue weighted by atomic mass is 32.2. The fourth-order valence-corrected chi connectivity index (χ4v) is 2.06. The van der Waals surface area contributed by atoms with Crippen molar-refractivity contribution in [1.29, 1.82) is 0 Å². The van der Waals surface area contributed by atoms with Crippen LogP contribution in [0.5, 0.6) is 0 Å². The summed E-state index contributed by atoms with van der Waals surface area (Å²) in [7, 11) is -3.14. The third-order valence-electron chi connectivity index (χ3n) is 3.53. The lowest BCUT2D eigenvalue weighted by Gasteiger charge is -2.24. The van der Waals surface area contributed by atoms with Gasteiger partial charge in [0.15, 0.2) is 9.84 Å². The van der Waals surface area contributed by atoms with Crippen molar-refractivity contribution in [2.45, 2.75) is 45.3 Å². The molecule has 0 fully saturated rings. The van der Waals surface area contributed by atoms with Crippen LogP contribution in [0.3, 0.4) is 0 Å². The van der Waals surface area contributed by atoms with Gasteiger partial charge in [-0.1, -0.05) is 13.8 Å². The number of nitrogens with zero attached hydrogens (tertiary/aromatic N) is 2. The molecule has 1 heterocycles. The van der Waals surface area contributed by atoms with Crippen molar-refractivity contribution >= 4 is 21.5 Å². The average molecular weight is 314 g/mol. The predicted molar refractivity (Wildman–Crippen MR) is 87.6 cm³/mol. The highest BCUT2D eigenvalue weighted by Gasteiger charge is 2.30. The van der Waals surface area contributed by atoms with E-state index in [1.807, 2.05) is 6.92 Å². The first-order valence-electron chi connectivity index (χ1n) is 7.24. The normalized spacial score (nSPS) is 12.2. The van der Waals surface area contributed by atoms with Gasteiger partial charge in [-0.15, -0.1) is 0 Å². The molecule has 0 bridgehead atoms. The molecule has 0 spiro atoms. The molecule has 0 radical (unpaired) electrons. The number of hydrogen-bond acceptors (Lipinski definition) is 6. The van der Waals surface area contributed by atoms with Crippen molar-refractivity contribution in [2.24, 2.45) is 0 Å². The Hall–Kier alpha value is -1.37. The molecule has 0 atom stereocenters. The summed E-state index contributed by atoms with van der Waals surface area (Å²) >= 11 is 0. The summed E-state index contributed by atoms with van der Waals surface area (Å²) in [6, 6.07) is 0. The number of nitrogens with one attached hydrogen (secondary N) is 2. The van der Waals surface area contributed by atoms with E-state index < -0.39 is 14.6 Å². The van der Waals surface area contributed by atoms with Gasteiger partial charge in [0.1, 0.15) is 18.0 Å². The molecule has 0 aliphatic heterocycles. The topological polar surface area (TPSA) is 84.0 Å². The smallest absolute Gasteiger partial charge is 0.154 e. The molecule has 6 nitrogen and oxygen atoms in total. The highest BCUT2D eigenvalue weighted by Crippen LogP contribution is 2.22. The largest absolute Gasteiger partial charge is 0.370 e. The maximum Gasteiger partial charge on any atom is 0.154 e. The molecule has 0 aromatic carbocycles. The van der Waals surface area contributed by atoms with Crippen molar-refractivity contribution in [2.75, 3.05) is 30.0 Å². The summed E-state index contributed by atoms with van der Waals surface area (Å²) in [5, 5.41) is 6.43. The summed E-state index contributed by atoms with van der Waals surface area (Å²) in [6.45, 7) is 8.69. The zero-order chi connectivity index (χ0) is 16.1. The predicted octanol–water partition coefficient (Wildman–Crippen LogP) is 2.10. The van der Waals surface area contributed by atoms with Crippen LogP contribution < -0.4 is 10.6 Å². The van der Waals surface area contributed by atoms with Crippen LogP contribution in [0.25, 0.3) is 0 Å². The van der Waals surface area contributed by atoms with Gasteiger partial charge in [-0.2, -0.15) is 0 Å². The molecule has 1 aromatic rings. The van der Waals surface area contributed by atoms with E-state index in [0.717, 1.165) is 30.8 Å². The molecule has 120 valence electrons. The lowest BCUT2D eigenvalue weighted by atomic mass is 10.2. The average Bonchev–Trinajstić information content (AvgIpc) is 2.41. The zero-order valence-corrected chi connectivity index (χ0v) is 14.3. The number of rotatable bonds is 8. The molecule has 21 heavy (non-hydrogen) atoms. The zero-order valence-electron chi connectivity index (χ0n) is 13.5. The van der Waals surface area contributed by atoms with Gasteiger partial charge in [0.05, 0.1) is 4.75 Å². The summed E-state index contributed by atoms with van der Waals surface area (Å²) in [5.74, 6) is 1.51. The minimum absolute atomic E-state index is 0.309. The Morgan fingerprint density at radius 2 is 1.71 bits per heavy atom. The van der Waals surface area contributed by atoms with Crippen molar-refractivity contribution in [3.63, 3.8) is 0 Å². The Kier molecular flexibility index (Phi) is 5.95. The van der Waals surface area contributed by atoms with Gasteiger partial charge in [0.25, 0.3) is 0 Å². The van der Waals surface area contributed by atoms with Gasteiger partial charge < -0.3 is 10.6 Å². The van der Waals surface area contributed by atoms with Crippen LogP contribution in [0.1, 0.15) is 39.7 Å². The summed E-state index contributed by atoms with van der Waals surface area (Å²) in [5.41, 5.74) is 0.982. The second-order valence-corrected chi connectivity index (χ2v) is 8.36. The molecule has 0 saturated heterocycles. The second kappa shape index (κ2) is 7.06. The van der Waals surface area contributed by atoms with Gasteiger partial charge in [-0.05, 0) is 26.7 Å². The van der Waals surface area contributed by atoms with E-state index in [1.165, 1.54) is 12.6 Å². The van der Waals surface area contributed by atoms with E-state index in [4.69, 9.17) is 0 Å². The van der Waals surface area contributed by atoms with E-state index >= 15 is 0 Å². The van der Waals surface area contributed by atoms with Gasteiger partial charge in [-0.3, -0.25) is 0 Å². The van der Waals surface area contributed by atoms with Crippen molar-refractivity contribution in [1.82, 2.24) is 9.97 Å². The first-order valence-corrected chi connectivity index (χ1v) is 9.13. The highest BCUT2D eigenvalue weighted by molar-refractivity contribution is 7.92. The molecule has 0 unspecified atom stereocenters. The van der Waals surface area contributed by atoms with Crippen LogP contribution in [-0.4, -0.2) is 42.5 Å². The number of hydrogen-bond donors (Lipinski definition) is 2. The molecule has 7 heteroatoms. The number of sulfone groups is 1. The van der Waals surface area contributed by atoms with E-state index in [-0.39, 0.29) is 0 Å². The fourth-order valence-electron chi connectivity index (χ4n) is 1.72. The Morgan fingerprint density at radius 1 is 1.14 bits per heavy atom. The SMILES string of the molecule is CCCNc1ncnc(NCC(C)(C)S(C)(=O)=O)c1CC. The van der Waals surface area contributed by atoms with Crippen LogP contribution in [0.15, 0.2) is 6.33 Å². The summed E-state index contributed by atoms with van der Waals surface area (Å²) < 4.78 is 22.7. The minimum atomic E-state index is -3.14. The monoisotopic (exact) mass is 314 g/mol. The Morgan fingerprint density at radius 3 is 2.19 bits per heavy atom. The van der Waals surface area contributed by atoms with Gasteiger partial charge in [0.2, 0.25) is 0 Å². The molecule has 0 aliphatic rings. The molecular weight excluding hydrogens is 288 g/mol. The second-order valence-electron chi connectivity index (χ2n) is 5.72. The van der Waals surface area contributed by atoms with E-state index in [2.05, 4.69) is 27.5 Å². The third-order valence-corrected chi connectivity index (χ3v) is 5.68. The standard InChI is InChI=1S/C14H26N4O2S/c1-6-8-15-12-11(7-2)13(18-10-17-12)16-9-14(3,4)21(5,19)20/h10H,6-9H2,1-5H3,(H2,15,16,17,18). The maximum absolute atomic E-state index is 11.8. The molecular formula is C14H26N4O2S. The van der Waals surface area contributed by atoms with E-state index in [0.29, 0.717) is 12.4 Å². The maximum atomic E-state index is 11.8. The van der Waals surface area contributed by atoms with E-state index in [1.54, 1.807) is 13.8 Å². The summed E-state index contributed by atoms with van der Waals surface area (Å²) in [4.78, 5) is 8.51. The first-order chi connectivity index (χ1) is 9.73. The minimum Gasteiger partial charge on any atom is -0.370 e. The Balaban J connectivity index is 2.94. The molecule has 0 amide bonds. The van der Waals surface area contributed by atoms with E-state index in [9.17, 15) is 8.42 Å². The van der Waals surface area contributed by atoms with Crippen molar-refractivity contribution < 1.29 is 8.42 Å². The lowest BCUT2D eigenvalue weighted by molar-refractivity contribution is 0.559. The first kappa shape index (κ1) is 17.7. The molecule has 1 aromatic heterocycles. The number of anilines is 2. The van der Waals surface area contributed by atoms with Gasteiger partial charge in [0, 0.05) is 24.9 Å². The van der Waals surface area contributed by atoms with Gasteiger partial charge >= 0.3 is 0 Å². The summed E-state index contributed by atoms with van der Waals surface area (Å²) in [6.07, 6.45) is 4.53. The number of aromatic nitrogens is 2. The van der Waals surface area contributed by atoms with Crippen LogP contribution in [0, 0.1) is 0 Å². The van der Waals surface area contributed by atoms with Crippen molar-refractivity contribution in [3.8, 4) is 0 Å².